The molecule has 3 nitrogen and oxygen atoms in total. The fourth-order valence-corrected chi connectivity index (χ4v) is 4.52. The molecule has 140 valence electrons. The molecule has 0 spiro atoms. The van der Waals surface area contributed by atoms with Gasteiger partial charge in [0, 0.05) is 24.5 Å². The zero-order chi connectivity index (χ0) is 17.6. The summed E-state index contributed by atoms with van der Waals surface area (Å²) in [6, 6.07) is 18.5. The van der Waals surface area contributed by atoms with Crippen LogP contribution >= 0.6 is 24.2 Å². The van der Waals surface area contributed by atoms with Gasteiger partial charge in [-0.2, -0.15) is 0 Å². The maximum atomic E-state index is 13.1. The summed E-state index contributed by atoms with van der Waals surface area (Å²) in [4.78, 5) is 18.6. The SMILES string of the molecule is CCN(CC)CCN1CC(c2ccccc2)Sc2ccccc2C1=O.Cl. The fraction of sp³-hybridized carbons (Fsp3) is 0.381. The van der Waals surface area contributed by atoms with Crippen molar-refractivity contribution in [3.63, 3.8) is 0 Å². The minimum absolute atomic E-state index is 0. The van der Waals surface area contributed by atoms with Gasteiger partial charge in [0.1, 0.15) is 0 Å². The molecule has 2 aromatic carbocycles. The Hall–Kier alpha value is -1.49. The van der Waals surface area contributed by atoms with Crippen LogP contribution in [-0.4, -0.2) is 48.4 Å². The largest absolute Gasteiger partial charge is 0.336 e. The number of halogens is 1. The quantitative estimate of drug-likeness (QED) is 0.711. The Labute approximate surface area is 167 Å². The summed E-state index contributed by atoms with van der Waals surface area (Å²) in [5, 5.41) is 0.269. The predicted molar refractivity (Wildman–Crippen MR) is 112 cm³/mol. The number of hydrogen-bond donors (Lipinski definition) is 0. The summed E-state index contributed by atoms with van der Waals surface area (Å²) in [6.07, 6.45) is 0. The summed E-state index contributed by atoms with van der Waals surface area (Å²) < 4.78 is 0. The lowest BCUT2D eigenvalue weighted by molar-refractivity contribution is 0.0737. The van der Waals surface area contributed by atoms with Crippen LogP contribution in [0.3, 0.4) is 0 Å². The molecule has 5 heteroatoms. The van der Waals surface area contributed by atoms with E-state index in [1.807, 2.05) is 40.9 Å². The second-order valence-electron chi connectivity index (χ2n) is 6.29. The zero-order valence-electron chi connectivity index (χ0n) is 15.4. The highest BCUT2D eigenvalue weighted by atomic mass is 35.5. The first kappa shape index (κ1) is 20.8. The Morgan fingerprint density at radius 3 is 2.38 bits per heavy atom. The van der Waals surface area contributed by atoms with E-state index >= 15 is 0 Å². The number of fused-ring (bicyclic) bond motifs is 1. The van der Waals surface area contributed by atoms with Crippen LogP contribution in [-0.2, 0) is 0 Å². The molecule has 1 unspecified atom stereocenters. The summed E-state index contributed by atoms with van der Waals surface area (Å²) in [5.41, 5.74) is 2.12. The molecule has 0 aliphatic carbocycles. The van der Waals surface area contributed by atoms with E-state index < -0.39 is 0 Å². The van der Waals surface area contributed by atoms with Crippen LogP contribution in [0, 0.1) is 0 Å². The third-order valence-corrected chi connectivity index (χ3v) is 6.13. The molecule has 26 heavy (non-hydrogen) atoms. The molecule has 0 bridgehead atoms. The Kier molecular flexibility index (Phi) is 8.01. The minimum atomic E-state index is 0. The number of nitrogens with zero attached hydrogens (tertiary/aromatic N) is 2. The molecule has 2 aromatic rings. The molecule has 1 aliphatic heterocycles. The lowest BCUT2D eigenvalue weighted by Crippen LogP contribution is -2.39. The molecule has 0 saturated heterocycles. The summed E-state index contributed by atoms with van der Waals surface area (Å²) in [6.45, 7) is 8.84. The van der Waals surface area contributed by atoms with Crippen molar-refractivity contribution in [3.8, 4) is 0 Å². The van der Waals surface area contributed by atoms with Crippen molar-refractivity contribution in [2.24, 2.45) is 0 Å². The molecule has 3 rings (SSSR count). The fourth-order valence-electron chi connectivity index (χ4n) is 3.23. The van der Waals surface area contributed by atoms with Gasteiger partial charge in [-0.25, -0.2) is 0 Å². The maximum absolute atomic E-state index is 13.1. The van der Waals surface area contributed by atoms with Gasteiger partial charge in [0.15, 0.2) is 0 Å². The Morgan fingerprint density at radius 1 is 1.04 bits per heavy atom. The third-order valence-electron chi connectivity index (χ3n) is 4.81. The van der Waals surface area contributed by atoms with Crippen LogP contribution in [0.25, 0.3) is 0 Å². The van der Waals surface area contributed by atoms with Crippen LogP contribution in [0.5, 0.6) is 0 Å². The number of rotatable bonds is 6. The Morgan fingerprint density at radius 2 is 1.69 bits per heavy atom. The van der Waals surface area contributed by atoms with Crippen molar-refractivity contribution < 1.29 is 4.79 Å². The van der Waals surface area contributed by atoms with E-state index in [4.69, 9.17) is 0 Å². The van der Waals surface area contributed by atoms with Gasteiger partial charge in [-0.15, -0.1) is 24.2 Å². The summed E-state index contributed by atoms with van der Waals surface area (Å²) >= 11 is 1.81. The number of benzene rings is 2. The molecule has 0 N–H and O–H groups in total. The number of thioether (sulfide) groups is 1. The molecule has 0 radical (unpaired) electrons. The lowest BCUT2D eigenvalue weighted by Gasteiger charge is -2.27. The molecular formula is C21H27ClN2OS. The second kappa shape index (κ2) is 10.0. The molecule has 1 atom stereocenters. The van der Waals surface area contributed by atoms with Gasteiger partial charge in [0.25, 0.3) is 5.91 Å². The van der Waals surface area contributed by atoms with E-state index in [-0.39, 0.29) is 23.6 Å². The third kappa shape index (κ3) is 4.81. The number of carbonyl (C=O) groups is 1. The lowest BCUT2D eigenvalue weighted by atomic mass is 10.1. The van der Waals surface area contributed by atoms with Crippen LogP contribution in [0.4, 0.5) is 0 Å². The molecular weight excluding hydrogens is 364 g/mol. The first-order valence-electron chi connectivity index (χ1n) is 9.05. The first-order valence-corrected chi connectivity index (χ1v) is 9.93. The Balaban J connectivity index is 0.00000243. The molecule has 1 aliphatic rings. The highest BCUT2D eigenvalue weighted by Gasteiger charge is 2.28. The maximum Gasteiger partial charge on any atom is 0.255 e. The van der Waals surface area contributed by atoms with E-state index in [0.717, 1.165) is 43.2 Å². The topological polar surface area (TPSA) is 23.6 Å². The van der Waals surface area contributed by atoms with Gasteiger partial charge >= 0.3 is 0 Å². The van der Waals surface area contributed by atoms with Crippen molar-refractivity contribution in [3.05, 3.63) is 65.7 Å². The molecule has 1 heterocycles. The van der Waals surface area contributed by atoms with E-state index in [1.54, 1.807) is 0 Å². The monoisotopic (exact) mass is 390 g/mol. The van der Waals surface area contributed by atoms with Gasteiger partial charge in [0.2, 0.25) is 0 Å². The smallest absolute Gasteiger partial charge is 0.255 e. The van der Waals surface area contributed by atoms with Gasteiger partial charge in [-0.3, -0.25) is 4.79 Å². The molecule has 0 aromatic heterocycles. The van der Waals surface area contributed by atoms with Gasteiger partial charge in [-0.05, 0) is 30.8 Å². The van der Waals surface area contributed by atoms with Crippen molar-refractivity contribution in [1.29, 1.82) is 0 Å². The number of carbonyl (C=O) groups excluding carboxylic acids is 1. The van der Waals surface area contributed by atoms with Crippen LogP contribution in [0.1, 0.15) is 35.0 Å². The average Bonchev–Trinajstić information content (AvgIpc) is 2.81. The molecule has 0 fully saturated rings. The Bertz CT molecular complexity index is 706. The highest BCUT2D eigenvalue weighted by Crippen LogP contribution is 2.40. The summed E-state index contributed by atoms with van der Waals surface area (Å²) in [7, 11) is 0. The van der Waals surface area contributed by atoms with Crippen LogP contribution < -0.4 is 0 Å². The number of likely N-dealkylation sites (N-methyl/N-ethyl adjacent to an activating group) is 1. The van der Waals surface area contributed by atoms with E-state index in [2.05, 4.69) is 49.1 Å². The normalized spacial score (nSPS) is 16.8. The van der Waals surface area contributed by atoms with Crippen LogP contribution in [0.2, 0.25) is 0 Å². The predicted octanol–water partition coefficient (Wildman–Crippen LogP) is 4.74. The van der Waals surface area contributed by atoms with E-state index in [1.165, 1.54) is 5.56 Å². The van der Waals surface area contributed by atoms with Crippen molar-refractivity contribution >= 4 is 30.1 Å². The van der Waals surface area contributed by atoms with Gasteiger partial charge < -0.3 is 9.80 Å². The average molecular weight is 391 g/mol. The highest BCUT2D eigenvalue weighted by molar-refractivity contribution is 7.99. The minimum Gasteiger partial charge on any atom is -0.336 e. The van der Waals surface area contributed by atoms with E-state index in [9.17, 15) is 4.79 Å². The van der Waals surface area contributed by atoms with Gasteiger partial charge in [0.05, 0.1) is 10.8 Å². The second-order valence-corrected chi connectivity index (χ2v) is 7.54. The first-order chi connectivity index (χ1) is 12.2. The number of hydrogen-bond acceptors (Lipinski definition) is 3. The van der Waals surface area contributed by atoms with Crippen molar-refractivity contribution in [2.75, 3.05) is 32.7 Å². The number of amides is 1. The van der Waals surface area contributed by atoms with Gasteiger partial charge in [-0.1, -0.05) is 56.3 Å². The van der Waals surface area contributed by atoms with Crippen molar-refractivity contribution in [1.82, 2.24) is 9.80 Å². The standard InChI is InChI=1S/C21H26N2OS.ClH/c1-3-22(4-2)14-15-23-16-20(17-10-6-5-7-11-17)25-19-13-9-8-12-18(19)21(23)24;/h5-13,20H,3-4,14-16H2,1-2H3;1H. The van der Waals surface area contributed by atoms with E-state index in [0.29, 0.717) is 0 Å². The summed E-state index contributed by atoms with van der Waals surface area (Å²) in [5.74, 6) is 0.161. The molecule has 1 amide bonds. The molecule has 0 saturated carbocycles. The van der Waals surface area contributed by atoms with Crippen LogP contribution in [0.15, 0.2) is 59.5 Å². The van der Waals surface area contributed by atoms with Crippen molar-refractivity contribution in [2.45, 2.75) is 24.0 Å². The zero-order valence-corrected chi connectivity index (χ0v) is 17.1.